The lowest BCUT2D eigenvalue weighted by Gasteiger charge is -2.45. The predicted octanol–water partition coefficient (Wildman–Crippen LogP) is 9.19. The standard InChI is InChI=1S/C45H86O22P4/c1-3-5-7-9-11-13-15-17-19-21-23-25-27-29-31-33-38(46)61-35-37(63-39(47)34-32-30-28-26-24-22-20-18-16-14-12-10-8-6-4-2)36-62-71(59,60)67-42-40(48)43(64-68(50,51)52)45(66-70(56,57)58)44(41(42)49)65-69(53,54)55/h17-20,37,40-45,48-49H,3-16,21-36H2,1-2H3,(H,59,60)(H2,50,51,52)(H2,53,54,55)(H2,56,57,58)/b19-17-,20-18-/t37-,40+,41+,42?,43-,44+,45?/m1/s1. The lowest BCUT2D eigenvalue weighted by molar-refractivity contribution is -0.209. The van der Waals surface area contributed by atoms with Crippen LogP contribution in [0.2, 0.25) is 0 Å². The molecule has 418 valence electrons. The number of hydrogen-bond donors (Lipinski definition) is 9. The molecule has 1 aliphatic carbocycles. The summed E-state index contributed by atoms with van der Waals surface area (Å²) < 4.78 is 82.2. The van der Waals surface area contributed by atoms with Crippen LogP contribution in [-0.4, -0.2) is 112 Å². The summed E-state index contributed by atoms with van der Waals surface area (Å²) in [5.74, 6) is -1.42. The smallest absolute Gasteiger partial charge is 0.462 e. The second kappa shape index (κ2) is 38.3. The van der Waals surface area contributed by atoms with E-state index in [4.69, 9.17) is 18.5 Å². The van der Waals surface area contributed by atoms with E-state index < -0.39 is 99.2 Å². The Hall–Kier alpha value is -1.22. The number of hydrogen-bond acceptors (Lipinski definition) is 15. The van der Waals surface area contributed by atoms with Crippen LogP contribution in [0.3, 0.4) is 0 Å². The minimum Gasteiger partial charge on any atom is -0.462 e. The lowest BCUT2D eigenvalue weighted by Crippen LogP contribution is -2.65. The van der Waals surface area contributed by atoms with E-state index in [1.807, 2.05) is 0 Å². The Morgan fingerprint density at radius 3 is 1.15 bits per heavy atom. The molecule has 22 nitrogen and oxygen atoms in total. The fourth-order valence-corrected chi connectivity index (χ4v) is 10.4. The Morgan fingerprint density at radius 2 is 0.775 bits per heavy atom. The van der Waals surface area contributed by atoms with Crippen molar-refractivity contribution in [2.24, 2.45) is 0 Å². The molecule has 0 saturated heterocycles. The van der Waals surface area contributed by atoms with Crippen molar-refractivity contribution in [3.8, 4) is 0 Å². The van der Waals surface area contributed by atoms with E-state index in [1.54, 1.807) is 0 Å². The predicted molar refractivity (Wildman–Crippen MR) is 263 cm³/mol. The van der Waals surface area contributed by atoms with Gasteiger partial charge in [0.15, 0.2) is 6.10 Å². The molecule has 1 aliphatic rings. The van der Waals surface area contributed by atoms with E-state index in [0.717, 1.165) is 70.6 Å². The molecular weight excluding hydrogens is 1020 g/mol. The van der Waals surface area contributed by atoms with Gasteiger partial charge in [-0.3, -0.25) is 32.2 Å². The number of phosphoric acid groups is 4. The number of aliphatic hydroxyl groups excluding tert-OH is 2. The van der Waals surface area contributed by atoms with Gasteiger partial charge in [0.1, 0.15) is 43.2 Å². The molecule has 0 aromatic heterocycles. The van der Waals surface area contributed by atoms with Crippen LogP contribution >= 0.6 is 31.3 Å². The Kier molecular flexibility index (Phi) is 36.6. The van der Waals surface area contributed by atoms with Gasteiger partial charge >= 0.3 is 43.2 Å². The van der Waals surface area contributed by atoms with Crippen molar-refractivity contribution in [1.29, 1.82) is 0 Å². The topological polar surface area (TPSA) is 349 Å². The first-order valence-electron chi connectivity index (χ1n) is 25.4. The molecule has 71 heavy (non-hydrogen) atoms. The van der Waals surface area contributed by atoms with Gasteiger partial charge in [-0.25, -0.2) is 18.3 Å². The van der Waals surface area contributed by atoms with Crippen molar-refractivity contribution in [2.75, 3.05) is 13.2 Å². The molecule has 0 heterocycles. The average Bonchev–Trinajstić information content (AvgIpc) is 3.27. The zero-order valence-corrected chi connectivity index (χ0v) is 45.3. The van der Waals surface area contributed by atoms with E-state index in [1.165, 1.54) is 77.0 Å². The van der Waals surface area contributed by atoms with E-state index in [-0.39, 0.29) is 12.8 Å². The maximum Gasteiger partial charge on any atom is 0.472 e. The largest absolute Gasteiger partial charge is 0.472 e. The molecule has 1 rings (SSSR count). The van der Waals surface area contributed by atoms with E-state index in [9.17, 15) is 72.3 Å². The number of unbranched alkanes of at least 4 members (excludes halogenated alkanes) is 22. The van der Waals surface area contributed by atoms with Crippen molar-refractivity contribution < 1.29 is 104 Å². The van der Waals surface area contributed by atoms with E-state index in [0.29, 0.717) is 19.3 Å². The molecule has 0 aromatic carbocycles. The number of ether oxygens (including phenoxy) is 2. The third kappa shape index (κ3) is 36.4. The normalized spacial score (nSPS) is 21.5. The summed E-state index contributed by atoms with van der Waals surface area (Å²) in [6.45, 7) is 2.74. The van der Waals surface area contributed by atoms with Crippen molar-refractivity contribution in [3.05, 3.63) is 24.3 Å². The van der Waals surface area contributed by atoms with E-state index >= 15 is 0 Å². The summed E-state index contributed by atoms with van der Waals surface area (Å²) in [5, 5.41) is 21.9. The van der Waals surface area contributed by atoms with Crippen LogP contribution in [0.15, 0.2) is 24.3 Å². The van der Waals surface area contributed by atoms with Gasteiger partial charge in [-0.2, -0.15) is 0 Å². The Morgan fingerprint density at radius 1 is 0.437 bits per heavy atom. The van der Waals surface area contributed by atoms with Gasteiger partial charge in [0, 0.05) is 12.8 Å². The minimum atomic E-state index is -5.79. The third-order valence-corrected chi connectivity index (χ3v) is 14.0. The summed E-state index contributed by atoms with van der Waals surface area (Å²) >= 11 is 0. The Balaban J connectivity index is 2.89. The van der Waals surface area contributed by atoms with Gasteiger partial charge in [0.25, 0.3) is 0 Å². The summed E-state index contributed by atoms with van der Waals surface area (Å²) in [6.07, 6.45) is 18.1. The van der Waals surface area contributed by atoms with Gasteiger partial charge in [0.2, 0.25) is 0 Å². The number of phosphoric ester groups is 4. The summed E-state index contributed by atoms with van der Waals surface area (Å²) in [5.41, 5.74) is 0. The highest BCUT2D eigenvalue weighted by atomic mass is 31.2. The van der Waals surface area contributed by atoms with Crippen molar-refractivity contribution in [1.82, 2.24) is 0 Å². The number of carbonyl (C=O) groups excluding carboxylic acids is 2. The van der Waals surface area contributed by atoms with Crippen molar-refractivity contribution in [2.45, 2.75) is 236 Å². The lowest BCUT2D eigenvalue weighted by atomic mass is 9.85. The molecule has 0 amide bonds. The van der Waals surface area contributed by atoms with E-state index in [2.05, 4.69) is 51.7 Å². The molecule has 0 aliphatic heterocycles. The molecule has 0 spiro atoms. The number of allylic oxidation sites excluding steroid dienone is 4. The maximum absolute atomic E-state index is 13.3. The Labute approximate surface area is 420 Å². The van der Waals surface area contributed by atoms with Crippen LogP contribution < -0.4 is 0 Å². The Bertz CT molecular complexity index is 1650. The van der Waals surface area contributed by atoms with Gasteiger partial charge in [-0.05, 0) is 64.2 Å². The number of carbonyl (C=O) groups is 2. The fraction of sp³-hybridized carbons (Fsp3) is 0.867. The van der Waals surface area contributed by atoms with Gasteiger partial charge in [0.05, 0.1) is 6.61 Å². The highest BCUT2D eigenvalue weighted by Crippen LogP contribution is 2.53. The monoisotopic (exact) mass is 1100 g/mol. The van der Waals surface area contributed by atoms with Crippen LogP contribution in [0.1, 0.15) is 194 Å². The molecule has 1 saturated carbocycles. The van der Waals surface area contributed by atoms with Crippen LogP contribution in [0.25, 0.3) is 0 Å². The fourth-order valence-electron chi connectivity index (χ4n) is 7.78. The second-order valence-electron chi connectivity index (χ2n) is 18.0. The molecule has 0 aromatic rings. The quantitative estimate of drug-likeness (QED) is 0.0119. The SMILES string of the molecule is CCCCCCCC/C=C\CCCCCCCC(=O)OC[C@H](COP(=O)(O)OC1[C@H](O)[C@H](OP(=O)(O)O)C(OP(=O)(O)O)[C@H](OP(=O)(O)O)[C@H]1O)OC(=O)CCCCCCC/C=C\CCCCCCCC. The maximum atomic E-state index is 13.3. The molecule has 0 radical (unpaired) electrons. The summed E-state index contributed by atoms with van der Waals surface area (Å²) in [4.78, 5) is 92.9. The van der Waals surface area contributed by atoms with Gasteiger partial charge in [-0.15, -0.1) is 0 Å². The number of rotatable bonds is 44. The van der Waals surface area contributed by atoms with Crippen molar-refractivity contribution >= 4 is 43.2 Å². The molecule has 26 heteroatoms. The summed E-state index contributed by atoms with van der Waals surface area (Å²) in [7, 11) is -23.0. The van der Waals surface area contributed by atoms with Crippen molar-refractivity contribution in [3.63, 3.8) is 0 Å². The van der Waals surface area contributed by atoms with Crippen LogP contribution in [0, 0.1) is 0 Å². The molecule has 0 bridgehead atoms. The van der Waals surface area contributed by atoms with Gasteiger partial charge in [-0.1, -0.05) is 141 Å². The zero-order valence-electron chi connectivity index (χ0n) is 41.7. The summed E-state index contributed by atoms with van der Waals surface area (Å²) in [6, 6.07) is 0. The molecule has 9 N–H and O–H groups in total. The molecule has 1 fully saturated rings. The minimum absolute atomic E-state index is 0.0239. The number of aliphatic hydroxyl groups is 2. The third-order valence-electron chi connectivity index (χ3n) is 11.5. The molecular formula is C45H86O22P4. The molecule has 3 unspecified atom stereocenters. The zero-order chi connectivity index (χ0) is 53.2. The first kappa shape index (κ1) is 67.8. The van der Waals surface area contributed by atoms with Crippen LogP contribution in [0.5, 0.6) is 0 Å². The highest BCUT2D eigenvalue weighted by Gasteiger charge is 2.59. The first-order valence-corrected chi connectivity index (χ1v) is 31.5. The first-order chi connectivity index (χ1) is 33.5. The second-order valence-corrected chi connectivity index (χ2v) is 22.9. The van der Waals surface area contributed by atoms with Gasteiger partial charge < -0.3 is 53.9 Å². The number of esters is 2. The average molecular weight is 1100 g/mol. The molecule has 8 atom stereocenters. The van der Waals surface area contributed by atoms with Crippen LogP contribution in [-0.2, 0) is 59.9 Å². The highest BCUT2D eigenvalue weighted by molar-refractivity contribution is 7.47. The van der Waals surface area contributed by atoms with Crippen LogP contribution in [0.4, 0.5) is 0 Å².